The fourth-order valence-electron chi connectivity index (χ4n) is 3.41. The molecule has 0 bridgehead atoms. The summed E-state index contributed by atoms with van der Waals surface area (Å²) in [4.78, 5) is 14.2. The molecule has 0 amide bonds. The van der Waals surface area contributed by atoms with Gasteiger partial charge in [-0.1, -0.05) is 27.7 Å². The number of ketones is 1. The number of hydrogen-bond acceptors (Lipinski definition) is 2. The minimum Gasteiger partial charge on any atom is -0.374 e. The van der Waals surface area contributed by atoms with Gasteiger partial charge in [0.25, 0.3) is 0 Å². The molecule has 2 rings (SSSR count). The lowest BCUT2D eigenvalue weighted by atomic mass is 9.78. The molecule has 17 heavy (non-hydrogen) atoms. The molecule has 2 nitrogen and oxygen atoms in total. The Morgan fingerprint density at radius 3 is 2.29 bits per heavy atom. The van der Waals surface area contributed by atoms with Crippen LogP contribution in [0.25, 0.3) is 0 Å². The van der Waals surface area contributed by atoms with Gasteiger partial charge in [-0.05, 0) is 30.1 Å². The number of likely N-dealkylation sites (tertiary alicyclic amines) is 1. The summed E-state index contributed by atoms with van der Waals surface area (Å²) in [5, 5.41) is 0. The zero-order chi connectivity index (χ0) is 12.6. The Kier molecular flexibility index (Phi) is 3.33. The van der Waals surface area contributed by atoms with Crippen LogP contribution in [0.2, 0.25) is 0 Å². The average Bonchev–Trinajstić information content (AvgIpc) is 2.12. The monoisotopic (exact) mass is 235 g/mol. The van der Waals surface area contributed by atoms with Gasteiger partial charge in [0.15, 0.2) is 5.78 Å². The van der Waals surface area contributed by atoms with Crippen LogP contribution in [0.3, 0.4) is 0 Å². The Labute approximate surface area is 105 Å². The second-order valence-corrected chi connectivity index (χ2v) is 6.97. The van der Waals surface area contributed by atoms with Crippen LogP contribution in [0.15, 0.2) is 11.8 Å². The van der Waals surface area contributed by atoms with Gasteiger partial charge >= 0.3 is 0 Å². The number of carbonyl (C=O) groups excluding carboxylic acids is 1. The van der Waals surface area contributed by atoms with E-state index >= 15 is 0 Å². The summed E-state index contributed by atoms with van der Waals surface area (Å²) < 4.78 is 0. The molecule has 0 radical (unpaired) electrons. The van der Waals surface area contributed by atoms with E-state index in [4.69, 9.17) is 0 Å². The molecule has 0 N–H and O–H groups in total. The Morgan fingerprint density at radius 1 is 1.18 bits per heavy atom. The van der Waals surface area contributed by atoms with Crippen molar-refractivity contribution in [1.82, 2.24) is 4.90 Å². The van der Waals surface area contributed by atoms with E-state index < -0.39 is 0 Å². The van der Waals surface area contributed by atoms with Crippen molar-refractivity contribution >= 4 is 5.78 Å². The second kappa shape index (κ2) is 4.47. The van der Waals surface area contributed by atoms with E-state index in [1.165, 1.54) is 12.1 Å². The first kappa shape index (κ1) is 12.7. The third-order valence-corrected chi connectivity index (χ3v) is 3.92. The molecule has 0 saturated carbocycles. The molecule has 2 aliphatic rings. The van der Waals surface area contributed by atoms with E-state index in [0.29, 0.717) is 12.2 Å². The van der Waals surface area contributed by atoms with Gasteiger partial charge < -0.3 is 4.90 Å². The van der Waals surface area contributed by atoms with Gasteiger partial charge in [0.1, 0.15) is 0 Å². The van der Waals surface area contributed by atoms with Crippen LogP contribution in [-0.4, -0.2) is 23.8 Å². The largest absolute Gasteiger partial charge is 0.374 e. The molecule has 2 heteroatoms. The number of piperidine rings is 1. The van der Waals surface area contributed by atoms with Crippen LogP contribution in [0, 0.1) is 17.3 Å². The molecule has 1 heterocycles. The highest BCUT2D eigenvalue weighted by Gasteiger charge is 2.32. The summed E-state index contributed by atoms with van der Waals surface area (Å²) in [6, 6.07) is 0. The van der Waals surface area contributed by atoms with Gasteiger partial charge in [0, 0.05) is 31.3 Å². The third kappa shape index (κ3) is 3.11. The lowest BCUT2D eigenvalue weighted by Gasteiger charge is -2.41. The Bertz CT molecular complexity index is 333. The smallest absolute Gasteiger partial charge is 0.157 e. The second-order valence-electron chi connectivity index (χ2n) is 6.97. The highest BCUT2D eigenvalue weighted by molar-refractivity contribution is 5.91. The highest BCUT2D eigenvalue weighted by Crippen LogP contribution is 2.36. The Balaban J connectivity index is 2.13. The maximum Gasteiger partial charge on any atom is 0.157 e. The average molecular weight is 235 g/mol. The summed E-state index contributed by atoms with van der Waals surface area (Å²) >= 11 is 0. The molecular weight excluding hydrogens is 210 g/mol. The lowest BCUT2D eigenvalue weighted by Crippen LogP contribution is -2.40. The fourth-order valence-corrected chi connectivity index (χ4v) is 3.41. The molecule has 1 saturated heterocycles. The molecule has 1 aliphatic carbocycles. The highest BCUT2D eigenvalue weighted by atomic mass is 16.1. The Hall–Kier alpha value is -0.790. The molecule has 0 spiro atoms. The van der Waals surface area contributed by atoms with Gasteiger partial charge in [-0.15, -0.1) is 0 Å². The van der Waals surface area contributed by atoms with Crippen molar-refractivity contribution in [2.24, 2.45) is 17.3 Å². The van der Waals surface area contributed by atoms with Crippen LogP contribution in [0.4, 0.5) is 0 Å². The van der Waals surface area contributed by atoms with Crippen LogP contribution in [-0.2, 0) is 4.79 Å². The first-order chi connectivity index (χ1) is 7.85. The molecule has 96 valence electrons. The van der Waals surface area contributed by atoms with Crippen LogP contribution in [0.1, 0.15) is 47.0 Å². The molecule has 2 atom stereocenters. The van der Waals surface area contributed by atoms with Crippen molar-refractivity contribution < 1.29 is 4.79 Å². The molecule has 1 aliphatic heterocycles. The standard InChI is InChI=1S/C15H25NO/c1-11-5-12(2)10-16(9-11)13-6-14(17)8-15(3,4)7-13/h6,11-12H,5,7-10H2,1-4H3. The SMILES string of the molecule is CC1CC(C)CN(C2=CC(=O)CC(C)(C)C2)C1. The first-order valence-corrected chi connectivity index (χ1v) is 6.84. The Morgan fingerprint density at radius 2 is 1.76 bits per heavy atom. The molecule has 0 aromatic rings. The lowest BCUT2D eigenvalue weighted by molar-refractivity contribution is -0.117. The van der Waals surface area contributed by atoms with E-state index in [1.54, 1.807) is 0 Å². The normalized spacial score (nSPS) is 33.5. The van der Waals surface area contributed by atoms with Crippen molar-refractivity contribution in [1.29, 1.82) is 0 Å². The summed E-state index contributed by atoms with van der Waals surface area (Å²) in [5.74, 6) is 1.81. The van der Waals surface area contributed by atoms with Gasteiger partial charge in [0.2, 0.25) is 0 Å². The maximum atomic E-state index is 11.8. The van der Waals surface area contributed by atoms with Crippen molar-refractivity contribution in [2.75, 3.05) is 13.1 Å². The number of allylic oxidation sites excluding steroid dienone is 2. The van der Waals surface area contributed by atoms with E-state index in [2.05, 4.69) is 32.6 Å². The van der Waals surface area contributed by atoms with Gasteiger partial charge in [-0.25, -0.2) is 0 Å². The number of hydrogen-bond donors (Lipinski definition) is 0. The molecule has 0 aromatic carbocycles. The van der Waals surface area contributed by atoms with Gasteiger partial charge in [-0.2, -0.15) is 0 Å². The summed E-state index contributed by atoms with van der Waals surface area (Å²) in [5.41, 5.74) is 1.43. The van der Waals surface area contributed by atoms with Crippen molar-refractivity contribution in [3.63, 3.8) is 0 Å². The third-order valence-electron chi connectivity index (χ3n) is 3.92. The van der Waals surface area contributed by atoms with Crippen molar-refractivity contribution in [3.8, 4) is 0 Å². The number of nitrogens with zero attached hydrogens (tertiary/aromatic N) is 1. The first-order valence-electron chi connectivity index (χ1n) is 6.84. The van der Waals surface area contributed by atoms with Gasteiger partial charge in [-0.3, -0.25) is 4.79 Å². The van der Waals surface area contributed by atoms with Crippen molar-refractivity contribution in [2.45, 2.75) is 47.0 Å². The van der Waals surface area contributed by atoms with Crippen molar-refractivity contribution in [3.05, 3.63) is 11.8 Å². The van der Waals surface area contributed by atoms with Crippen LogP contribution in [0.5, 0.6) is 0 Å². The summed E-state index contributed by atoms with van der Waals surface area (Å²) in [6.07, 6.45) is 4.98. The topological polar surface area (TPSA) is 20.3 Å². The fraction of sp³-hybridized carbons (Fsp3) is 0.800. The zero-order valence-electron chi connectivity index (χ0n) is 11.6. The molecule has 1 fully saturated rings. The minimum absolute atomic E-state index is 0.144. The number of rotatable bonds is 1. The molecular formula is C15H25NO. The van der Waals surface area contributed by atoms with E-state index in [9.17, 15) is 4.79 Å². The predicted octanol–water partition coefficient (Wildman–Crippen LogP) is 3.24. The predicted molar refractivity (Wildman–Crippen MR) is 70.6 cm³/mol. The molecule has 0 aromatic heterocycles. The van der Waals surface area contributed by atoms with Crippen LogP contribution < -0.4 is 0 Å². The number of carbonyl (C=O) groups is 1. The minimum atomic E-state index is 0.144. The maximum absolute atomic E-state index is 11.8. The van der Waals surface area contributed by atoms with Crippen LogP contribution >= 0.6 is 0 Å². The summed E-state index contributed by atoms with van der Waals surface area (Å²) in [7, 11) is 0. The summed E-state index contributed by atoms with van der Waals surface area (Å²) in [6.45, 7) is 11.3. The van der Waals surface area contributed by atoms with Gasteiger partial charge in [0.05, 0.1) is 0 Å². The molecule has 2 unspecified atom stereocenters. The van der Waals surface area contributed by atoms with E-state index in [1.807, 2.05) is 6.08 Å². The van der Waals surface area contributed by atoms with E-state index in [0.717, 1.165) is 31.3 Å². The zero-order valence-corrected chi connectivity index (χ0v) is 11.6. The quantitative estimate of drug-likeness (QED) is 0.695. The van der Waals surface area contributed by atoms with E-state index in [-0.39, 0.29) is 5.41 Å².